The largest absolute Gasteiger partial charge is 0.383 e. The number of pyridine rings is 1. The number of hydrogen-bond donors (Lipinski definition) is 1. The van der Waals surface area contributed by atoms with Gasteiger partial charge in [0, 0.05) is 24.1 Å². The zero-order valence-corrected chi connectivity index (χ0v) is 12.1. The minimum atomic E-state index is 0.270. The highest BCUT2D eigenvalue weighted by molar-refractivity contribution is 5.46. The highest BCUT2D eigenvalue weighted by Crippen LogP contribution is 2.37. The predicted octanol–water partition coefficient (Wildman–Crippen LogP) is 2.79. The first kappa shape index (κ1) is 13.0. The molecule has 20 heavy (non-hydrogen) atoms. The molecule has 4 heteroatoms. The monoisotopic (exact) mass is 268 g/mol. The van der Waals surface area contributed by atoms with Gasteiger partial charge in [0.2, 0.25) is 0 Å². The second kappa shape index (κ2) is 5.19. The fourth-order valence-corrected chi connectivity index (χ4v) is 2.96. The molecule has 0 bridgehead atoms. The van der Waals surface area contributed by atoms with Crippen LogP contribution in [0.5, 0.6) is 0 Å². The van der Waals surface area contributed by atoms with Gasteiger partial charge in [-0.15, -0.1) is 0 Å². The summed E-state index contributed by atoms with van der Waals surface area (Å²) in [6, 6.07) is 4.17. The maximum Gasteiger partial charge on any atom is 0.131 e. The summed E-state index contributed by atoms with van der Waals surface area (Å²) in [5.74, 6) is 1.74. The quantitative estimate of drug-likeness (QED) is 0.929. The van der Waals surface area contributed by atoms with E-state index in [-0.39, 0.29) is 5.92 Å². The van der Waals surface area contributed by atoms with Crippen molar-refractivity contribution in [1.82, 2.24) is 15.0 Å². The molecular formula is C16H20N4. The van der Waals surface area contributed by atoms with E-state index in [2.05, 4.69) is 23.0 Å². The van der Waals surface area contributed by atoms with Crippen LogP contribution in [-0.2, 0) is 12.8 Å². The number of fused-ring (bicyclic) bond motifs is 1. The molecule has 0 spiro atoms. The van der Waals surface area contributed by atoms with Crippen LogP contribution in [-0.4, -0.2) is 15.0 Å². The lowest BCUT2D eigenvalue weighted by Crippen LogP contribution is -2.11. The second-order valence-electron chi connectivity index (χ2n) is 5.42. The molecular weight excluding hydrogens is 248 g/mol. The molecule has 0 amide bonds. The minimum absolute atomic E-state index is 0.270. The third kappa shape index (κ3) is 2.15. The van der Waals surface area contributed by atoms with Gasteiger partial charge in [-0.1, -0.05) is 13.0 Å². The van der Waals surface area contributed by atoms with Gasteiger partial charge in [0.15, 0.2) is 0 Å². The van der Waals surface area contributed by atoms with Crippen molar-refractivity contribution in [3.63, 3.8) is 0 Å². The number of hydrogen-bond acceptors (Lipinski definition) is 4. The SMILES string of the molecule is CCCc1nc(N)c(C)c(C2CCc3cccnc32)n1. The van der Waals surface area contributed by atoms with Crippen molar-refractivity contribution in [3.8, 4) is 0 Å². The predicted molar refractivity (Wildman–Crippen MR) is 79.6 cm³/mol. The van der Waals surface area contributed by atoms with Gasteiger partial charge in [-0.2, -0.15) is 0 Å². The first-order valence-corrected chi connectivity index (χ1v) is 7.27. The Bertz CT molecular complexity index is 636. The maximum absolute atomic E-state index is 6.07. The van der Waals surface area contributed by atoms with Gasteiger partial charge >= 0.3 is 0 Å². The molecule has 104 valence electrons. The molecule has 1 aliphatic carbocycles. The molecule has 2 aromatic rings. The van der Waals surface area contributed by atoms with Crippen LogP contribution in [0.25, 0.3) is 0 Å². The highest BCUT2D eigenvalue weighted by atomic mass is 15.0. The van der Waals surface area contributed by atoms with Crippen molar-refractivity contribution >= 4 is 5.82 Å². The third-order valence-corrected chi connectivity index (χ3v) is 4.03. The summed E-state index contributed by atoms with van der Waals surface area (Å²) in [4.78, 5) is 13.7. The van der Waals surface area contributed by atoms with E-state index in [4.69, 9.17) is 10.7 Å². The van der Waals surface area contributed by atoms with E-state index in [1.54, 1.807) is 0 Å². The van der Waals surface area contributed by atoms with Gasteiger partial charge < -0.3 is 5.73 Å². The highest BCUT2D eigenvalue weighted by Gasteiger charge is 2.28. The number of aromatic nitrogens is 3. The number of nitrogen functional groups attached to an aromatic ring is 1. The van der Waals surface area contributed by atoms with Gasteiger partial charge in [-0.05, 0) is 37.8 Å². The minimum Gasteiger partial charge on any atom is -0.383 e. The molecule has 0 aromatic carbocycles. The van der Waals surface area contributed by atoms with Gasteiger partial charge in [0.05, 0.1) is 11.4 Å². The Morgan fingerprint density at radius 2 is 2.15 bits per heavy atom. The molecule has 2 N–H and O–H groups in total. The maximum atomic E-state index is 6.07. The summed E-state index contributed by atoms with van der Waals surface area (Å²) in [5.41, 5.74) is 10.6. The number of aryl methyl sites for hydroxylation is 2. The van der Waals surface area contributed by atoms with Crippen molar-refractivity contribution in [1.29, 1.82) is 0 Å². The van der Waals surface area contributed by atoms with Crippen LogP contribution in [0.1, 0.15) is 54.0 Å². The van der Waals surface area contributed by atoms with Crippen LogP contribution < -0.4 is 5.73 Å². The van der Waals surface area contributed by atoms with Crippen molar-refractivity contribution in [2.24, 2.45) is 0 Å². The lowest BCUT2D eigenvalue weighted by Gasteiger charge is -2.15. The van der Waals surface area contributed by atoms with Crippen molar-refractivity contribution < 1.29 is 0 Å². The first-order valence-electron chi connectivity index (χ1n) is 7.27. The van der Waals surface area contributed by atoms with Gasteiger partial charge in [-0.3, -0.25) is 4.98 Å². The topological polar surface area (TPSA) is 64.7 Å². The zero-order chi connectivity index (χ0) is 14.1. The van der Waals surface area contributed by atoms with E-state index in [1.165, 1.54) is 5.56 Å². The molecule has 1 atom stereocenters. The summed E-state index contributed by atoms with van der Waals surface area (Å²) in [5, 5.41) is 0. The molecule has 4 nitrogen and oxygen atoms in total. The summed E-state index contributed by atoms with van der Waals surface area (Å²) < 4.78 is 0. The van der Waals surface area contributed by atoms with E-state index >= 15 is 0 Å². The molecule has 0 fully saturated rings. The van der Waals surface area contributed by atoms with E-state index < -0.39 is 0 Å². The number of rotatable bonds is 3. The Balaban J connectivity index is 2.07. The Labute approximate surface area is 119 Å². The van der Waals surface area contributed by atoms with Crippen LogP contribution in [0.3, 0.4) is 0 Å². The van der Waals surface area contributed by atoms with E-state index in [0.717, 1.165) is 48.5 Å². The van der Waals surface area contributed by atoms with E-state index in [0.29, 0.717) is 5.82 Å². The molecule has 0 saturated heterocycles. The Morgan fingerprint density at radius 3 is 2.95 bits per heavy atom. The fraction of sp³-hybridized carbons (Fsp3) is 0.438. The van der Waals surface area contributed by atoms with Gasteiger partial charge in [0.1, 0.15) is 11.6 Å². The summed E-state index contributed by atoms with van der Waals surface area (Å²) >= 11 is 0. The average Bonchev–Trinajstić information content (AvgIpc) is 2.87. The van der Waals surface area contributed by atoms with Crippen molar-refractivity contribution in [2.45, 2.75) is 45.4 Å². The molecule has 0 saturated carbocycles. The first-order chi connectivity index (χ1) is 9.70. The number of nitrogens with zero attached hydrogens (tertiary/aromatic N) is 3. The molecule has 0 radical (unpaired) electrons. The second-order valence-corrected chi connectivity index (χ2v) is 5.42. The van der Waals surface area contributed by atoms with Crippen LogP contribution in [0.15, 0.2) is 18.3 Å². The van der Waals surface area contributed by atoms with E-state index in [1.807, 2.05) is 19.2 Å². The standard InChI is InChI=1S/C16H20N4/c1-3-5-13-19-14(10(2)16(17)20-13)12-8-7-11-6-4-9-18-15(11)12/h4,6,9,12H,3,5,7-8H2,1-2H3,(H2,17,19,20). The Kier molecular flexibility index (Phi) is 3.38. The van der Waals surface area contributed by atoms with E-state index in [9.17, 15) is 0 Å². The fourth-order valence-electron chi connectivity index (χ4n) is 2.96. The van der Waals surface area contributed by atoms with Gasteiger partial charge in [-0.25, -0.2) is 9.97 Å². The average molecular weight is 268 g/mol. The summed E-state index contributed by atoms with van der Waals surface area (Å²) in [6.45, 7) is 4.15. The zero-order valence-electron chi connectivity index (χ0n) is 12.1. The molecule has 3 rings (SSSR count). The molecule has 1 aliphatic rings. The molecule has 2 aromatic heterocycles. The number of nitrogens with two attached hydrogens (primary N) is 1. The Morgan fingerprint density at radius 1 is 1.30 bits per heavy atom. The van der Waals surface area contributed by atoms with Crippen LogP contribution in [0, 0.1) is 6.92 Å². The van der Waals surface area contributed by atoms with Crippen LogP contribution in [0.4, 0.5) is 5.82 Å². The number of anilines is 1. The normalized spacial score (nSPS) is 17.2. The van der Waals surface area contributed by atoms with Gasteiger partial charge in [0.25, 0.3) is 0 Å². The molecule has 0 aliphatic heterocycles. The summed E-state index contributed by atoms with van der Waals surface area (Å²) in [7, 11) is 0. The third-order valence-electron chi connectivity index (χ3n) is 4.03. The lowest BCUT2D eigenvalue weighted by molar-refractivity contribution is 0.715. The van der Waals surface area contributed by atoms with Crippen LogP contribution in [0.2, 0.25) is 0 Å². The van der Waals surface area contributed by atoms with Crippen molar-refractivity contribution in [3.05, 3.63) is 46.7 Å². The molecule has 2 heterocycles. The smallest absolute Gasteiger partial charge is 0.131 e. The molecule has 1 unspecified atom stereocenters. The summed E-state index contributed by atoms with van der Waals surface area (Å²) in [6.07, 6.45) is 5.90. The van der Waals surface area contributed by atoms with Crippen LogP contribution >= 0.6 is 0 Å². The lowest BCUT2D eigenvalue weighted by atomic mass is 9.98. The van der Waals surface area contributed by atoms with Crippen molar-refractivity contribution in [2.75, 3.05) is 5.73 Å². The Hall–Kier alpha value is -1.97.